The number of aryl methyl sites for hydroxylation is 1. The smallest absolute Gasteiger partial charge is 0.417 e. The third kappa shape index (κ3) is 5.49. The van der Waals surface area contributed by atoms with E-state index in [1.54, 1.807) is 37.4 Å². The minimum absolute atomic E-state index is 0.0284. The van der Waals surface area contributed by atoms with Crippen molar-refractivity contribution >= 4 is 17.7 Å². The van der Waals surface area contributed by atoms with Gasteiger partial charge in [0.05, 0.1) is 35.4 Å². The lowest BCUT2D eigenvalue weighted by molar-refractivity contribution is -0.137. The maximum atomic E-state index is 13.6. The lowest BCUT2D eigenvalue weighted by Crippen LogP contribution is -2.22. The van der Waals surface area contributed by atoms with Gasteiger partial charge in [0.15, 0.2) is 0 Å². The highest BCUT2D eigenvalue weighted by atomic mass is 19.4. The molecule has 0 aliphatic carbocycles. The van der Waals surface area contributed by atoms with Crippen LogP contribution in [0.25, 0.3) is 22.5 Å². The Morgan fingerprint density at radius 3 is 2.47 bits per heavy atom. The summed E-state index contributed by atoms with van der Waals surface area (Å²) >= 11 is 0. The number of anilines is 1. The second-order valence-electron chi connectivity index (χ2n) is 7.66. The molecular weight excluding hydrogens is 477 g/mol. The highest BCUT2D eigenvalue weighted by Crippen LogP contribution is 2.37. The van der Waals surface area contributed by atoms with Crippen LogP contribution in [0.3, 0.4) is 0 Å². The predicted molar refractivity (Wildman–Crippen MR) is 124 cm³/mol. The van der Waals surface area contributed by atoms with E-state index in [4.69, 9.17) is 5.11 Å². The molecule has 12 heteroatoms. The molecule has 184 valence electrons. The Hall–Kier alpha value is -4.74. The van der Waals surface area contributed by atoms with E-state index in [2.05, 4.69) is 25.7 Å². The highest BCUT2D eigenvalue weighted by Gasteiger charge is 2.34. The zero-order chi connectivity index (χ0) is 25.9. The number of hydrogen-bond donors (Lipinski definition) is 3. The molecule has 0 spiro atoms. The molecule has 36 heavy (non-hydrogen) atoms. The van der Waals surface area contributed by atoms with Crippen molar-refractivity contribution in [2.75, 3.05) is 5.32 Å². The second kappa shape index (κ2) is 9.86. The first-order chi connectivity index (χ1) is 17.1. The number of carbonyl (C=O) groups is 2. The van der Waals surface area contributed by atoms with Gasteiger partial charge in [-0.15, -0.1) is 0 Å². The van der Waals surface area contributed by atoms with Gasteiger partial charge in [0, 0.05) is 29.9 Å². The molecule has 0 saturated carbocycles. The summed E-state index contributed by atoms with van der Waals surface area (Å²) in [5.41, 5.74) is 0.0324. The number of halogens is 3. The lowest BCUT2D eigenvalue weighted by atomic mass is 10.0. The van der Waals surface area contributed by atoms with Gasteiger partial charge in [-0.05, 0) is 24.3 Å². The Labute approximate surface area is 202 Å². The number of benzene rings is 2. The molecule has 2 amide bonds. The summed E-state index contributed by atoms with van der Waals surface area (Å²) in [6, 6.07) is 13.3. The van der Waals surface area contributed by atoms with Crippen LogP contribution in [0, 0.1) is 0 Å². The first-order valence-corrected chi connectivity index (χ1v) is 10.5. The fraction of sp³-hybridized carbons (Fsp3) is 0.125. The van der Waals surface area contributed by atoms with Gasteiger partial charge in [-0.25, -0.2) is 14.8 Å². The van der Waals surface area contributed by atoms with Gasteiger partial charge >= 0.3 is 12.3 Å². The lowest BCUT2D eigenvalue weighted by Gasteiger charge is -2.15. The number of nitrogens with zero attached hydrogens (tertiary/aromatic N) is 4. The first kappa shape index (κ1) is 24.4. The number of aromatic nitrogens is 4. The normalized spacial score (nSPS) is 11.2. The summed E-state index contributed by atoms with van der Waals surface area (Å²) < 4.78 is 42.2. The van der Waals surface area contributed by atoms with Crippen LogP contribution >= 0.6 is 0 Å². The van der Waals surface area contributed by atoms with Crippen LogP contribution in [0.5, 0.6) is 0 Å². The van der Waals surface area contributed by atoms with Gasteiger partial charge in [-0.1, -0.05) is 30.3 Å². The third-order valence-corrected chi connectivity index (χ3v) is 5.11. The molecular formula is C24H19F3N6O3. The second-order valence-corrected chi connectivity index (χ2v) is 7.66. The topological polar surface area (TPSA) is 122 Å². The number of alkyl halides is 3. The van der Waals surface area contributed by atoms with Crippen LogP contribution in [-0.2, 0) is 19.8 Å². The molecule has 0 unspecified atom stereocenters. The van der Waals surface area contributed by atoms with Gasteiger partial charge < -0.3 is 15.7 Å². The number of carboxylic acid groups (broad SMARTS) is 1. The summed E-state index contributed by atoms with van der Waals surface area (Å²) in [4.78, 5) is 32.3. The average Bonchev–Trinajstić information content (AvgIpc) is 3.29. The van der Waals surface area contributed by atoms with Gasteiger partial charge in [-0.3, -0.25) is 9.48 Å². The number of hydrogen-bond acceptors (Lipinski definition) is 5. The van der Waals surface area contributed by atoms with Gasteiger partial charge in [0.2, 0.25) is 0 Å². The molecule has 0 radical (unpaired) electrons. The molecule has 9 nitrogen and oxygen atoms in total. The van der Waals surface area contributed by atoms with E-state index < -0.39 is 23.7 Å². The number of amides is 2. The van der Waals surface area contributed by atoms with E-state index in [9.17, 15) is 22.8 Å². The molecule has 0 saturated heterocycles. The highest BCUT2D eigenvalue weighted by molar-refractivity contribution is 6.06. The standard InChI is InChI=1S/C24H19F3N6O3/c1-33-10-9-18(32-33)16-11-15(7-8-17(16)24(25,26)27)22(34)30-19-12-28-20(13-29-23(35)36)31-21(19)14-5-3-2-4-6-14/h2-12,29H,13H2,1H3,(H,30,34)(H,35,36). The van der Waals surface area contributed by atoms with Crippen molar-refractivity contribution in [1.82, 2.24) is 25.1 Å². The van der Waals surface area contributed by atoms with E-state index >= 15 is 0 Å². The molecule has 4 rings (SSSR count). The monoisotopic (exact) mass is 496 g/mol. The largest absolute Gasteiger partial charge is 0.465 e. The quantitative estimate of drug-likeness (QED) is 0.359. The SMILES string of the molecule is Cn1ccc(-c2cc(C(=O)Nc3cnc(CNC(=O)O)nc3-c3ccccc3)ccc2C(F)(F)F)n1. The van der Waals surface area contributed by atoms with Crippen molar-refractivity contribution in [3.05, 3.63) is 83.9 Å². The summed E-state index contributed by atoms with van der Waals surface area (Å²) in [6.45, 7) is -0.157. The molecule has 3 N–H and O–H groups in total. The molecule has 0 atom stereocenters. The average molecular weight is 496 g/mol. The first-order valence-electron chi connectivity index (χ1n) is 10.5. The Balaban J connectivity index is 1.70. The van der Waals surface area contributed by atoms with Gasteiger partial charge in [0.1, 0.15) is 5.82 Å². The maximum Gasteiger partial charge on any atom is 0.417 e. The fourth-order valence-electron chi connectivity index (χ4n) is 3.46. The van der Waals surface area contributed by atoms with E-state index in [1.807, 2.05) is 0 Å². The molecule has 2 aromatic carbocycles. The molecule has 0 aliphatic rings. The zero-order valence-electron chi connectivity index (χ0n) is 18.7. The summed E-state index contributed by atoms with van der Waals surface area (Å²) in [7, 11) is 1.58. The zero-order valence-corrected chi connectivity index (χ0v) is 18.7. The van der Waals surface area contributed by atoms with Crippen LogP contribution in [0.4, 0.5) is 23.7 Å². The van der Waals surface area contributed by atoms with Gasteiger partial charge in [0.25, 0.3) is 5.91 Å². The van der Waals surface area contributed by atoms with Crippen LogP contribution in [0.1, 0.15) is 21.7 Å². The molecule has 0 aliphatic heterocycles. The van der Waals surface area contributed by atoms with E-state index in [0.29, 0.717) is 11.3 Å². The van der Waals surface area contributed by atoms with Crippen molar-refractivity contribution in [2.24, 2.45) is 7.05 Å². The van der Waals surface area contributed by atoms with Crippen molar-refractivity contribution in [3.63, 3.8) is 0 Å². The van der Waals surface area contributed by atoms with Crippen molar-refractivity contribution in [2.45, 2.75) is 12.7 Å². The Morgan fingerprint density at radius 2 is 1.83 bits per heavy atom. The van der Waals surface area contributed by atoms with Crippen molar-refractivity contribution in [3.8, 4) is 22.5 Å². The Bertz CT molecular complexity index is 1420. The van der Waals surface area contributed by atoms with Crippen LogP contribution in [-0.4, -0.2) is 36.9 Å². The molecule has 2 aromatic heterocycles. The summed E-state index contributed by atoms with van der Waals surface area (Å²) in [5.74, 6) is -0.515. The Kier molecular flexibility index (Phi) is 6.68. The third-order valence-electron chi connectivity index (χ3n) is 5.11. The molecule has 0 bridgehead atoms. The van der Waals surface area contributed by atoms with Crippen LogP contribution < -0.4 is 10.6 Å². The predicted octanol–water partition coefficient (Wildman–Crippen LogP) is 4.58. The van der Waals surface area contributed by atoms with Gasteiger partial charge in [-0.2, -0.15) is 18.3 Å². The number of carbonyl (C=O) groups excluding carboxylic acids is 1. The minimum atomic E-state index is -4.64. The van der Waals surface area contributed by atoms with Crippen LogP contribution in [0.15, 0.2) is 67.0 Å². The Morgan fingerprint density at radius 1 is 1.08 bits per heavy atom. The molecule has 2 heterocycles. The summed E-state index contributed by atoms with van der Waals surface area (Å²) in [6.07, 6.45) is -3.07. The fourth-order valence-corrected chi connectivity index (χ4v) is 3.46. The molecule has 4 aromatic rings. The van der Waals surface area contributed by atoms with Crippen LogP contribution in [0.2, 0.25) is 0 Å². The summed E-state index contributed by atoms with van der Waals surface area (Å²) in [5, 5.41) is 17.7. The van der Waals surface area contributed by atoms with E-state index in [1.165, 1.54) is 23.1 Å². The maximum absolute atomic E-state index is 13.6. The van der Waals surface area contributed by atoms with E-state index in [0.717, 1.165) is 18.2 Å². The van der Waals surface area contributed by atoms with E-state index in [-0.39, 0.29) is 34.9 Å². The molecule has 0 fully saturated rings. The van der Waals surface area contributed by atoms with Crippen molar-refractivity contribution < 1.29 is 27.9 Å². The number of nitrogens with one attached hydrogen (secondary N) is 2. The number of rotatable bonds is 6. The van der Waals surface area contributed by atoms with Crippen molar-refractivity contribution in [1.29, 1.82) is 0 Å². The minimum Gasteiger partial charge on any atom is -0.465 e.